The highest BCUT2D eigenvalue weighted by Crippen LogP contribution is 2.65. The standard InChI is InChI=1S/C19H29NO/c1-5-16(13-6-8-15(21)9-7-13)20-17-12-14-10-11-19(17,4)18(14,2)3/h6-9,14,16-17,20-21H,5,10-12H2,1-4H3. The first-order valence-electron chi connectivity index (χ1n) is 8.43. The number of fused-ring (bicyclic) bond motifs is 2. The van der Waals surface area contributed by atoms with Crippen LogP contribution in [0.5, 0.6) is 5.75 Å². The van der Waals surface area contributed by atoms with Crippen molar-refractivity contribution in [3.63, 3.8) is 0 Å². The van der Waals surface area contributed by atoms with Gasteiger partial charge < -0.3 is 10.4 Å². The fraction of sp³-hybridized carbons (Fsp3) is 0.684. The van der Waals surface area contributed by atoms with Gasteiger partial charge in [-0.05, 0) is 60.1 Å². The molecule has 21 heavy (non-hydrogen) atoms. The van der Waals surface area contributed by atoms with Crippen LogP contribution >= 0.6 is 0 Å². The van der Waals surface area contributed by atoms with E-state index in [1.54, 1.807) is 12.1 Å². The number of phenolic OH excluding ortho intramolecular Hbond substituents is 1. The van der Waals surface area contributed by atoms with Crippen LogP contribution in [0.25, 0.3) is 0 Å². The van der Waals surface area contributed by atoms with E-state index in [-0.39, 0.29) is 0 Å². The first-order valence-corrected chi connectivity index (χ1v) is 8.43. The zero-order valence-electron chi connectivity index (χ0n) is 13.8. The molecule has 2 bridgehead atoms. The molecule has 2 N–H and O–H groups in total. The Balaban J connectivity index is 1.78. The minimum atomic E-state index is 0.349. The van der Waals surface area contributed by atoms with Gasteiger partial charge in [0.15, 0.2) is 0 Å². The van der Waals surface area contributed by atoms with E-state index in [1.807, 2.05) is 0 Å². The molecule has 0 spiro atoms. The van der Waals surface area contributed by atoms with Gasteiger partial charge in [-0.15, -0.1) is 0 Å². The summed E-state index contributed by atoms with van der Waals surface area (Å²) in [5, 5.41) is 13.4. The van der Waals surface area contributed by atoms with Crippen molar-refractivity contribution < 1.29 is 5.11 Å². The topological polar surface area (TPSA) is 32.3 Å². The van der Waals surface area contributed by atoms with Crippen LogP contribution in [0.15, 0.2) is 24.3 Å². The molecule has 3 rings (SSSR count). The molecule has 0 heterocycles. The maximum absolute atomic E-state index is 9.47. The van der Waals surface area contributed by atoms with Crippen molar-refractivity contribution >= 4 is 0 Å². The summed E-state index contributed by atoms with van der Waals surface area (Å²) in [4.78, 5) is 0. The van der Waals surface area contributed by atoms with Crippen LogP contribution in [0.4, 0.5) is 0 Å². The number of aromatic hydroxyl groups is 1. The Hall–Kier alpha value is -1.02. The van der Waals surface area contributed by atoms with Crippen LogP contribution in [0.1, 0.15) is 65.0 Å². The van der Waals surface area contributed by atoms with Crippen LogP contribution < -0.4 is 5.32 Å². The normalized spacial score (nSPS) is 35.0. The zero-order chi connectivity index (χ0) is 15.3. The molecule has 4 unspecified atom stereocenters. The van der Waals surface area contributed by atoms with E-state index in [0.29, 0.717) is 28.7 Å². The van der Waals surface area contributed by atoms with Crippen LogP contribution in [0, 0.1) is 16.7 Å². The lowest BCUT2D eigenvalue weighted by atomic mass is 9.69. The molecule has 2 aliphatic carbocycles. The quantitative estimate of drug-likeness (QED) is 0.845. The number of rotatable bonds is 4. The molecule has 2 fully saturated rings. The third-order valence-electron chi connectivity index (χ3n) is 6.90. The molecule has 0 amide bonds. The fourth-order valence-electron chi connectivity index (χ4n) is 4.86. The van der Waals surface area contributed by atoms with Gasteiger partial charge in [0.25, 0.3) is 0 Å². The molecule has 2 heteroatoms. The third kappa shape index (κ3) is 2.19. The van der Waals surface area contributed by atoms with Gasteiger partial charge in [-0.2, -0.15) is 0 Å². The summed E-state index contributed by atoms with van der Waals surface area (Å²) in [7, 11) is 0. The van der Waals surface area contributed by atoms with E-state index in [4.69, 9.17) is 0 Å². The van der Waals surface area contributed by atoms with E-state index < -0.39 is 0 Å². The van der Waals surface area contributed by atoms with Gasteiger partial charge in [0, 0.05) is 12.1 Å². The van der Waals surface area contributed by atoms with Crippen molar-refractivity contribution in [3.8, 4) is 5.75 Å². The zero-order valence-corrected chi connectivity index (χ0v) is 13.8. The van der Waals surface area contributed by atoms with Gasteiger partial charge in [0.05, 0.1) is 0 Å². The summed E-state index contributed by atoms with van der Waals surface area (Å²) in [5.74, 6) is 1.22. The molecule has 116 valence electrons. The lowest BCUT2D eigenvalue weighted by Crippen LogP contribution is -2.45. The van der Waals surface area contributed by atoms with E-state index in [2.05, 4.69) is 45.1 Å². The number of nitrogens with one attached hydrogen (secondary N) is 1. The van der Waals surface area contributed by atoms with Gasteiger partial charge in [-0.25, -0.2) is 0 Å². The predicted molar refractivity (Wildman–Crippen MR) is 87.3 cm³/mol. The smallest absolute Gasteiger partial charge is 0.115 e. The minimum Gasteiger partial charge on any atom is -0.508 e. The van der Waals surface area contributed by atoms with E-state index in [1.165, 1.54) is 24.8 Å². The maximum atomic E-state index is 9.47. The summed E-state index contributed by atoms with van der Waals surface area (Å²) < 4.78 is 0. The first kappa shape index (κ1) is 14.9. The highest BCUT2D eigenvalue weighted by Gasteiger charge is 2.61. The molecule has 0 aromatic heterocycles. The monoisotopic (exact) mass is 287 g/mol. The molecular formula is C19H29NO. The largest absolute Gasteiger partial charge is 0.508 e. The van der Waals surface area contributed by atoms with Crippen molar-refractivity contribution in [1.29, 1.82) is 0 Å². The number of hydrogen-bond donors (Lipinski definition) is 2. The van der Waals surface area contributed by atoms with Gasteiger partial charge in [0.2, 0.25) is 0 Å². The summed E-state index contributed by atoms with van der Waals surface area (Å²) in [5.41, 5.74) is 2.17. The molecule has 4 atom stereocenters. The number of hydrogen-bond acceptors (Lipinski definition) is 2. The van der Waals surface area contributed by atoms with Crippen LogP contribution in [-0.4, -0.2) is 11.1 Å². The molecular weight excluding hydrogens is 258 g/mol. The Labute approximate surface area is 129 Å². The molecule has 2 saturated carbocycles. The average Bonchev–Trinajstić information content (AvgIpc) is 2.79. The Morgan fingerprint density at radius 1 is 1.24 bits per heavy atom. The Morgan fingerprint density at radius 3 is 2.38 bits per heavy atom. The molecule has 0 aliphatic heterocycles. The van der Waals surface area contributed by atoms with Gasteiger partial charge in [0.1, 0.15) is 5.75 Å². The van der Waals surface area contributed by atoms with Crippen LogP contribution in [0.3, 0.4) is 0 Å². The third-order valence-corrected chi connectivity index (χ3v) is 6.90. The van der Waals surface area contributed by atoms with Gasteiger partial charge >= 0.3 is 0 Å². The predicted octanol–water partition coefficient (Wildman–Crippen LogP) is 4.65. The van der Waals surface area contributed by atoms with Crippen molar-refractivity contribution in [3.05, 3.63) is 29.8 Å². The molecule has 2 aliphatic rings. The van der Waals surface area contributed by atoms with Crippen molar-refractivity contribution in [2.75, 3.05) is 0 Å². The summed E-state index contributed by atoms with van der Waals surface area (Å²) in [6, 6.07) is 8.71. The Kier molecular flexibility index (Phi) is 3.56. The van der Waals surface area contributed by atoms with Gasteiger partial charge in [-0.3, -0.25) is 0 Å². The lowest BCUT2D eigenvalue weighted by Gasteiger charge is -2.41. The second-order valence-electron chi connectivity index (χ2n) is 7.88. The Bertz CT molecular complexity index is 507. The second-order valence-corrected chi connectivity index (χ2v) is 7.88. The average molecular weight is 287 g/mol. The number of benzene rings is 1. The van der Waals surface area contributed by atoms with E-state index in [9.17, 15) is 5.11 Å². The van der Waals surface area contributed by atoms with Crippen molar-refractivity contribution in [1.82, 2.24) is 5.32 Å². The molecule has 2 nitrogen and oxygen atoms in total. The minimum absolute atomic E-state index is 0.349. The molecule has 1 aromatic rings. The molecule has 0 radical (unpaired) electrons. The summed E-state index contributed by atoms with van der Waals surface area (Å²) in [6.45, 7) is 9.66. The molecule has 0 saturated heterocycles. The van der Waals surface area contributed by atoms with E-state index >= 15 is 0 Å². The maximum Gasteiger partial charge on any atom is 0.115 e. The van der Waals surface area contributed by atoms with Crippen molar-refractivity contribution in [2.24, 2.45) is 16.7 Å². The molecule has 1 aromatic carbocycles. The SMILES string of the molecule is CCC(NC1CC2CCC1(C)C2(C)C)c1ccc(O)cc1. The van der Waals surface area contributed by atoms with Crippen LogP contribution in [0.2, 0.25) is 0 Å². The highest BCUT2D eigenvalue weighted by atomic mass is 16.3. The summed E-state index contributed by atoms with van der Waals surface area (Å²) >= 11 is 0. The lowest BCUT2D eigenvalue weighted by molar-refractivity contribution is 0.114. The van der Waals surface area contributed by atoms with Gasteiger partial charge in [-0.1, -0.05) is 39.8 Å². The highest BCUT2D eigenvalue weighted by molar-refractivity contribution is 5.28. The van der Waals surface area contributed by atoms with Crippen molar-refractivity contribution in [2.45, 2.75) is 65.5 Å². The second kappa shape index (κ2) is 5.01. The van der Waals surface area contributed by atoms with E-state index in [0.717, 1.165) is 12.3 Å². The summed E-state index contributed by atoms with van der Waals surface area (Å²) in [6.07, 6.45) is 5.16. The van der Waals surface area contributed by atoms with Crippen LogP contribution in [-0.2, 0) is 0 Å². The number of phenols is 1. The Morgan fingerprint density at radius 2 is 1.90 bits per heavy atom. The first-order chi connectivity index (χ1) is 9.88. The fourth-order valence-corrected chi connectivity index (χ4v) is 4.86.